The van der Waals surface area contributed by atoms with Crippen LogP contribution in [-0.2, 0) is 0 Å². The average molecular weight is 324 g/mol. The van der Waals surface area contributed by atoms with Crippen LogP contribution in [-0.4, -0.2) is 44.1 Å². The molecular weight excluding hydrogens is 302 g/mol. The standard InChI is InChI=1S/C16H22ClN3O2/c1-22-14-8-13(18)12(17)7-11(14)15(21)19-9-16-3-2-5-20(10-16)6-4-16/h7-8H,2-6,9-10,18H2,1H3,(H,19,21). The topological polar surface area (TPSA) is 67.6 Å². The smallest absolute Gasteiger partial charge is 0.255 e. The van der Waals surface area contributed by atoms with Gasteiger partial charge in [0.15, 0.2) is 0 Å². The van der Waals surface area contributed by atoms with Crippen LogP contribution >= 0.6 is 11.6 Å². The number of ether oxygens (including phenoxy) is 1. The van der Waals surface area contributed by atoms with Crippen LogP contribution in [0.2, 0.25) is 5.02 Å². The molecule has 0 aliphatic carbocycles. The molecule has 1 amide bonds. The molecule has 2 saturated heterocycles. The summed E-state index contributed by atoms with van der Waals surface area (Å²) in [5, 5.41) is 3.43. The van der Waals surface area contributed by atoms with Gasteiger partial charge in [0.2, 0.25) is 0 Å². The maximum absolute atomic E-state index is 12.5. The molecule has 3 rings (SSSR count). The zero-order valence-electron chi connectivity index (χ0n) is 12.8. The minimum absolute atomic E-state index is 0.155. The van der Waals surface area contributed by atoms with E-state index in [1.807, 2.05) is 0 Å². The molecule has 2 aliphatic heterocycles. The molecule has 2 heterocycles. The van der Waals surface area contributed by atoms with Gasteiger partial charge in [-0.05, 0) is 38.4 Å². The number of hydrogen-bond donors (Lipinski definition) is 2. The molecule has 0 saturated carbocycles. The van der Waals surface area contributed by atoms with Crippen molar-refractivity contribution < 1.29 is 9.53 Å². The van der Waals surface area contributed by atoms with Gasteiger partial charge in [-0.25, -0.2) is 0 Å². The maximum Gasteiger partial charge on any atom is 0.255 e. The van der Waals surface area contributed by atoms with Crippen molar-refractivity contribution in [3.63, 3.8) is 0 Å². The van der Waals surface area contributed by atoms with Crippen molar-refractivity contribution in [1.29, 1.82) is 0 Å². The van der Waals surface area contributed by atoms with Crippen LogP contribution in [0.3, 0.4) is 0 Å². The van der Waals surface area contributed by atoms with E-state index in [0.717, 1.165) is 19.5 Å². The van der Waals surface area contributed by atoms with Gasteiger partial charge in [0, 0.05) is 24.6 Å². The molecule has 1 aromatic rings. The molecule has 2 aliphatic rings. The second kappa shape index (κ2) is 5.97. The van der Waals surface area contributed by atoms with Crippen LogP contribution < -0.4 is 15.8 Å². The van der Waals surface area contributed by atoms with Gasteiger partial charge in [-0.1, -0.05) is 11.6 Å². The maximum atomic E-state index is 12.5. The number of amides is 1. The molecule has 5 nitrogen and oxygen atoms in total. The third kappa shape index (κ3) is 2.88. The van der Waals surface area contributed by atoms with Gasteiger partial charge in [0.25, 0.3) is 5.91 Å². The molecule has 22 heavy (non-hydrogen) atoms. The Morgan fingerprint density at radius 1 is 1.45 bits per heavy atom. The summed E-state index contributed by atoms with van der Waals surface area (Å²) < 4.78 is 5.25. The highest BCUT2D eigenvalue weighted by molar-refractivity contribution is 6.33. The Bertz CT molecular complexity index is 589. The molecule has 1 aromatic carbocycles. The zero-order valence-corrected chi connectivity index (χ0v) is 13.6. The summed E-state index contributed by atoms with van der Waals surface area (Å²) in [4.78, 5) is 15.0. The molecule has 0 aromatic heterocycles. The first-order valence-corrected chi connectivity index (χ1v) is 8.04. The molecular formula is C16H22ClN3O2. The summed E-state index contributed by atoms with van der Waals surface area (Å²) >= 11 is 6.03. The van der Waals surface area contributed by atoms with Crippen molar-refractivity contribution in [3.05, 3.63) is 22.7 Å². The van der Waals surface area contributed by atoms with Crippen molar-refractivity contribution in [2.75, 3.05) is 39.0 Å². The fourth-order valence-electron chi connectivity index (χ4n) is 3.61. The lowest BCUT2D eigenvalue weighted by atomic mass is 9.81. The summed E-state index contributed by atoms with van der Waals surface area (Å²) in [5.74, 6) is 0.297. The quantitative estimate of drug-likeness (QED) is 0.833. The number of carbonyl (C=O) groups excluding carboxylic acids is 1. The van der Waals surface area contributed by atoms with Crippen molar-refractivity contribution in [1.82, 2.24) is 10.2 Å². The largest absolute Gasteiger partial charge is 0.496 e. The predicted octanol–water partition coefficient (Wildman–Crippen LogP) is 2.15. The molecule has 0 radical (unpaired) electrons. The lowest BCUT2D eigenvalue weighted by Crippen LogP contribution is -2.42. The number of hydrogen-bond acceptors (Lipinski definition) is 4. The third-order valence-electron chi connectivity index (χ3n) is 4.89. The second-order valence-corrected chi connectivity index (χ2v) is 6.79. The van der Waals surface area contributed by atoms with Gasteiger partial charge < -0.3 is 20.7 Å². The Hall–Kier alpha value is -1.46. The van der Waals surface area contributed by atoms with Gasteiger partial charge in [-0.2, -0.15) is 0 Å². The van der Waals surface area contributed by atoms with Gasteiger partial charge in [-0.15, -0.1) is 0 Å². The number of rotatable bonds is 4. The lowest BCUT2D eigenvalue weighted by Gasteiger charge is -2.34. The second-order valence-electron chi connectivity index (χ2n) is 6.39. The summed E-state index contributed by atoms with van der Waals surface area (Å²) in [6.07, 6.45) is 3.56. The Morgan fingerprint density at radius 3 is 3.05 bits per heavy atom. The van der Waals surface area contributed by atoms with Gasteiger partial charge in [0.1, 0.15) is 5.75 Å². The van der Waals surface area contributed by atoms with Crippen LogP contribution in [0, 0.1) is 5.41 Å². The first kappa shape index (κ1) is 15.4. The molecule has 2 fully saturated rings. The fraction of sp³-hybridized carbons (Fsp3) is 0.562. The highest BCUT2D eigenvalue weighted by atomic mass is 35.5. The van der Waals surface area contributed by atoms with E-state index in [1.54, 1.807) is 12.1 Å². The van der Waals surface area contributed by atoms with Crippen LogP contribution in [0.25, 0.3) is 0 Å². The number of nitrogens with two attached hydrogens (primary N) is 1. The number of carbonyl (C=O) groups is 1. The molecule has 2 bridgehead atoms. The Labute approximate surface area is 135 Å². The minimum Gasteiger partial charge on any atom is -0.496 e. The van der Waals surface area contributed by atoms with E-state index in [-0.39, 0.29) is 11.3 Å². The van der Waals surface area contributed by atoms with E-state index in [4.69, 9.17) is 22.1 Å². The zero-order chi connectivity index (χ0) is 15.7. The molecule has 2 unspecified atom stereocenters. The number of nitrogens with one attached hydrogen (secondary N) is 1. The highest BCUT2D eigenvalue weighted by Gasteiger charge is 2.40. The molecule has 120 valence electrons. The Kier molecular flexibility index (Phi) is 4.19. The summed E-state index contributed by atoms with van der Waals surface area (Å²) in [7, 11) is 1.52. The van der Waals surface area contributed by atoms with E-state index in [0.29, 0.717) is 28.6 Å². The summed E-state index contributed by atoms with van der Waals surface area (Å²) in [5.41, 5.74) is 6.83. The van der Waals surface area contributed by atoms with Crippen LogP contribution in [0.1, 0.15) is 29.6 Å². The Balaban J connectivity index is 1.71. The number of anilines is 1. The number of piperidine rings is 1. The number of nitrogens with zero attached hydrogens (tertiary/aromatic N) is 1. The SMILES string of the molecule is COc1cc(N)c(Cl)cc1C(=O)NCC12CCCN(CC1)C2. The van der Waals surface area contributed by atoms with Crippen LogP contribution in [0.5, 0.6) is 5.75 Å². The van der Waals surface area contributed by atoms with Crippen molar-refractivity contribution in [2.45, 2.75) is 19.3 Å². The van der Waals surface area contributed by atoms with Gasteiger partial charge >= 0.3 is 0 Å². The van der Waals surface area contributed by atoms with E-state index in [9.17, 15) is 4.79 Å². The van der Waals surface area contributed by atoms with Crippen LogP contribution in [0.15, 0.2) is 12.1 Å². The Morgan fingerprint density at radius 2 is 2.27 bits per heavy atom. The van der Waals surface area contributed by atoms with Crippen molar-refractivity contribution >= 4 is 23.2 Å². The number of methoxy groups -OCH3 is 1. The fourth-order valence-corrected chi connectivity index (χ4v) is 3.78. The molecule has 2 atom stereocenters. The number of fused-ring (bicyclic) bond motifs is 2. The lowest BCUT2D eigenvalue weighted by molar-refractivity contribution is 0.0913. The third-order valence-corrected chi connectivity index (χ3v) is 5.21. The first-order valence-electron chi connectivity index (χ1n) is 7.67. The van der Waals surface area contributed by atoms with Crippen LogP contribution in [0.4, 0.5) is 5.69 Å². The summed E-state index contributed by atoms with van der Waals surface area (Å²) in [6.45, 7) is 4.13. The average Bonchev–Trinajstić information content (AvgIpc) is 2.82. The van der Waals surface area contributed by atoms with Gasteiger partial charge in [-0.3, -0.25) is 4.79 Å². The van der Waals surface area contributed by atoms with Gasteiger partial charge in [0.05, 0.1) is 23.4 Å². The van der Waals surface area contributed by atoms with E-state index in [2.05, 4.69) is 10.2 Å². The van der Waals surface area contributed by atoms with E-state index >= 15 is 0 Å². The minimum atomic E-state index is -0.155. The monoisotopic (exact) mass is 323 g/mol. The van der Waals surface area contributed by atoms with E-state index in [1.165, 1.54) is 26.5 Å². The number of nitrogen functional groups attached to an aromatic ring is 1. The highest BCUT2D eigenvalue weighted by Crippen LogP contribution is 2.38. The number of halogens is 1. The van der Waals surface area contributed by atoms with Crippen molar-refractivity contribution in [3.8, 4) is 5.75 Å². The molecule has 0 spiro atoms. The molecule has 6 heteroatoms. The van der Waals surface area contributed by atoms with E-state index < -0.39 is 0 Å². The predicted molar refractivity (Wildman–Crippen MR) is 87.5 cm³/mol. The van der Waals surface area contributed by atoms with Crippen molar-refractivity contribution in [2.24, 2.45) is 5.41 Å². The molecule has 3 N–H and O–H groups in total. The first-order chi connectivity index (χ1) is 10.5. The number of benzene rings is 1. The normalized spacial score (nSPS) is 26.7. The summed E-state index contributed by atoms with van der Waals surface area (Å²) in [6, 6.07) is 3.16.